The van der Waals surface area contributed by atoms with Crippen LogP contribution in [0.5, 0.6) is 0 Å². The maximum absolute atomic E-state index is 4.34. The molecule has 74 valence electrons. The Kier molecular flexibility index (Phi) is 2.32. The average molecular weight is 251 g/mol. The molecule has 0 aliphatic rings. The highest BCUT2D eigenvalue weighted by Crippen LogP contribution is 2.32. The van der Waals surface area contributed by atoms with Gasteiger partial charge in [0, 0.05) is 23.2 Å². The Hall–Kier alpha value is -1.11. The first-order valence-electron chi connectivity index (χ1n) is 4.18. The molecule has 0 atom stereocenters. The quantitative estimate of drug-likeness (QED) is 0.700. The van der Waals surface area contributed by atoms with E-state index in [-0.39, 0.29) is 0 Å². The SMILES string of the molecule is c1csc(-c2cnc(-c3cscn3)s2)n1. The summed E-state index contributed by atoms with van der Waals surface area (Å²) in [6.45, 7) is 0. The second kappa shape index (κ2) is 3.80. The fraction of sp³-hybridized carbons (Fsp3) is 0. The van der Waals surface area contributed by atoms with Gasteiger partial charge in [0.05, 0.1) is 10.4 Å². The molecule has 0 radical (unpaired) electrons. The number of nitrogens with zero attached hydrogens (tertiary/aromatic N) is 3. The Bertz CT molecular complexity index is 490. The van der Waals surface area contributed by atoms with Crippen LogP contribution in [0.15, 0.2) is 28.7 Å². The summed E-state index contributed by atoms with van der Waals surface area (Å²) in [6.07, 6.45) is 3.67. The molecule has 3 rings (SSSR count). The van der Waals surface area contributed by atoms with Gasteiger partial charge in [-0.15, -0.1) is 34.0 Å². The zero-order valence-electron chi connectivity index (χ0n) is 7.45. The predicted molar refractivity (Wildman–Crippen MR) is 64.3 cm³/mol. The Morgan fingerprint density at radius 2 is 2.07 bits per heavy atom. The number of rotatable bonds is 2. The van der Waals surface area contributed by atoms with Gasteiger partial charge in [0.2, 0.25) is 0 Å². The van der Waals surface area contributed by atoms with Crippen LogP contribution >= 0.6 is 34.0 Å². The van der Waals surface area contributed by atoms with Gasteiger partial charge in [0.25, 0.3) is 0 Å². The molecule has 0 saturated carbocycles. The van der Waals surface area contributed by atoms with Crippen LogP contribution in [0.25, 0.3) is 20.6 Å². The molecule has 0 unspecified atom stereocenters. The molecule has 0 aromatic carbocycles. The molecule has 3 heterocycles. The molecule has 6 heteroatoms. The first-order valence-corrected chi connectivity index (χ1v) is 6.81. The third kappa shape index (κ3) is 1.71. The maximum atomic E-state index is 4.34. The molecule has 0 aliphatic heterocycles. The van der Waals surface area contributed by atoms with Crippen LogP contribution in [0.1, 0.15) is 0 Å². The second-order valence-corrected chi connectivity index (χ2v) is 5.38. The largest absolute Gasteiger partial charge is 0.244 e. The van der Waals surface area contributed by atoms with Gasteiger partial charge in [-0.25, -0.2) is 15.0 Å². The third-order valence-electron chi connectivity index (χ3n) is 1.80. The fourth-order valence-corrected chi connectivity index (χ4v) is 3.35. The van der Waals surface area contributed by atoms with Gasteiger partial charge in [0.15, 0.2) is 0 Å². The normalized spacial score (nSPS) is 10.7. The summed E-state index contributed by atoms with van der Waals surface area (Å²) in [4.78, 5) is 13.9. The summed E-state index contributed by atoms with van der Waals surface area (Å²) < 4.78 is 0. The first kappa shape index (κ1) is 9.14. The second-order valence-electron chi connectivity index (χ2n) is 2.74. The van der Waals surface area contributed by atoms with E-state index >= 15 is 0 Å². The van der Waals surface area contributed by atoms with Gasteiger partial charge in [-0.1, -0.05) is 0 Å². The zero-order valence-corrected chi connectivity index (χ0v) is 9.90. The molecule has 3 aromatic heterocycles. The number of hydrogen-bond acceptors (Lipinski definition) is 6. The van der Waals surface area contributed by atoms with Crippen LogP contribution < -0.4 is 0 Å². The summed E-state index contributed by atoms with van der Waals surface area (Å²) in [5.74, 6) is 0. The van der Waals surface area contributed by atoms with E-state index in [2.05, 4.69) is 15.0 Å². The lowest BCUT2D eigenvalue weighted by atomic mass is 10.5. The first-order chi connectivity index (χ1) is 7.43. The standard InChI is InChI=1S/C9H5N3S3/c1-2-14-9(10-1)7-3-11-8(15-7)6-4-13-5-12-6/h1-5H. The monoisotopic (exact) mass is 251 g/mol. The molecular weight excluding hydrogens is 246 g/mol. The van der Waals surface area contributed by atoms with Crippen molar-refractivity contribution in [3.63, 3.8) is 0 Å². The number of aromatic nitrogens is 3. The van der Waals surface area contributed by atoms with Crippen molar-refractivity contribution in [2.45, 2.75) is 0 Å². The predicted octanol–water partition coefficient (Wildman–Crippen LogP) is 3.39. The van der Waals surface area contributed by atoms with Crippen molar-refractivity contribution in [3.05, 3.63) is 28.7 Å². The molecule has 0 fully saturated rings. The molecule has 0 saturated heterocycles. The van der Waals surface area contributed by atoms with Crippen molar-refractivity contribution in [2.75, 3.05) is 0 Å². The summed E-state index contributed by atoms with van der Waals surface area (Å²) in [5, 5.41) is 5.96. The molecule has 3 nitrogen and oxygen atoms in total. The van der Waals surface area contributed by atoms with E-state index in [1.54, 1.807) is 34.0 Å². The van der Waals surface area contributed by atoms with Crippen LogP contribution in [-0.2, 0) is 0 Å². The molecule has 0 spiro atoms. The lowest BCUT2D eigenvalue weighted by Gasteiger charge is -1.85. The van der Waals surface area contributed by atoms with Gasteiger partial charge in [-0.3, -0.25) is 0 Å². The van der Waals surface area contributed by atoms with Gasteiger partial charge in [-0.05, 0) is 0 Å². The molecule has 0 N–H and O–H groups in total. The van der Waals surface area contributed by atoms with E-state index in [0.29, 0.717) is 0 Å². The summed E-state index contributed by atoms with van der Waals surface area (Å²) in [5.41, 5.74) is 2.77. The Balaban J connectivity index is 2.02. The lowest BCUT2D eigenvalue weighted by molar-refractivity contribution is 1.34. The molecule has 3 aromatic rings. The Morgan fingerprint density at radius 3 is 2.80 bits per heavy atom. The van der Waals surface area contributed by atoms with Crippen molar-refractivity contribution >= 4 is 34.0 Å². The highest BCUT2D eigenvalue weighted by atomic mass is 32.1. The van der Waals surface area contributed by atoms with Gasteiger partial charge in [0.1, 0.15) is 15.7 Å². The summed E-state index contributed by atoms with van der Waals surface area (Å²) in [6, 6.07) is 0. The number of hydrogen-bond donors (Lipinski definition) is 0. The van der Waals surface area contributed by atoms with Gasteiger partial charge >= 0.3 is 0 Å². The van der Waals surface area contributed by atoms with Crippen LogP contribution in [-0.4, -0.2) is 15.0 Å². The Morgan fingerprint density at radius 1 is 1.07 bits per heavy atom. The van der Waals surface area contributed by atoms with E-state index in [1.807, 2.05) is 28.7 Å². The van der Waals surface area contributed by atoms with E-state index in [9.17, 15) is 0 Å². The minimum atomic E-state index is 0.952. The zero-order chi connectivity index (χ0) is 10.1. The third-order valence-corrected chi connectivity index (χ3v) is 4.35. The van der Waals surface area contributed by atoms with Gasteiger partial charge < -0.3 is 0 Å². The highest BCUT2D eigenvalue weighted by Gasteiger charge is 2.09. The van der Waals surface area contributed by atoms with Crippen molar-refractivity contribution in [1.29, 1.82) is 0 Å². The van der Waals surface area contributed by atoms with E-state index in [4.69, 9.17) is 0 Å². The minimum Gasteiger partial charge on any atom is -0.244 e. The lowest BCUT2D eigenvalue weighted by Crippen LogP contribution is -1.70. The minimum absolute atomic E-state index is 0.952. The van der Waals surface area contributed by atoms with Crippen molar-refractivity contribution in [3.8, 4) is 20.6 Å². The van der Waals surface area contributed by atoms with Crippen molar-refractivity contribution in [2.24, 2.45) is 0 Å². The average Bonchev–Trinajstić information content (AvgIpc) is 3.02. The molecule has 15 heavy (non-hydrogen) atoms. The van der Waals surface area contributed by atoms with Crippen LogP contribution in [0.3, 0.4) is 0 Å². The smallest absolute Gasteiger partial charge is 0.143 e. The van der Waals surface area contributed by atoms with Crippen molar-refractivity contribution in [1.82, 2.24) is 15.0 Å². The molecule has 0 bridgehead atoms. The topological polar surface area (TPSA) is 38.7 Å². The van der Waals surface area contributed by atoms with Gasteiger partial charge in [-0.2, -0.15) is 0 Å². The van der Waals surface area contributed by atoms with Crippen LogP contribution in [0.4, 0.5) is 0 Å². The number of thiazole rings is 3. The molecule has 0 amide bonds. The molecule has 0 aliphatic carbocycles. The summed E-state index contributed by atoms with van der Waals surface area (Å²) in [7, 11) is 0. The summed E-state index contributed by atoms with van der Waals surface area (Å²) >= 11 is 4.84. The van der Waals surface area contributed by atoms with Crippen molar-refractivity contribution < 1.29 is 0 Å². The van der Waals surface area contributed by atoms with Crippen LogP contribution in [0.2, 0.25) is 0 Å². The van der Waals surface area contributed by atoms with E-state index in [1.165, 1.54) is 0 Å². The highest BCUT2D eigenvalue weighted by molar-refractivity contribution is 7.22. The van der Waals surface area contributed by atoms with E-state index in [0.717, 1.165) is 20.6 Å². The Labute approximate surface area is 98.1 Å². The molecular formula is C9H5N3S3. The maximum Gasteiger partial charge on any atom is 0.143 e. The fourth-order valence-electron chi connectivity index (χ4n) is 1.15. The van der Waals surface area contributed by atoms with E-state index < -0.39 is 0 Å². The van der Waals surface area contributed by atoms with Crippen LogP contribution in [0, 0.1) is 0 Å².